The van der Waals surface area contributed by atoms with Gasteiger partial charge in [0, 0.05) is 30.8 Å². The average molecular weight is 368 g/mol. The van der Waals surface area contributed by atoms with Gasteiger partial charge in [0.2, 0.25) is 11.8 Å². The first-order chi connectivity index (χ1) is 12.4. The van der Waals surface area contributed by atoms with Crippen LogP contribution in [0, 0.1) is 0 Å². The maximum atomic E-state index is 12.3. The van der Waals surface area contributed by atoms with E-state index in [4.69, 9.17) is 0 Å². The van der Waals surface area contributed by atoms with Crippen LogP contribution in [0.25, 0.3) is 10.2 Å². The summed E-state index contributed by atoms with van der Waals surface area (Å²) in [6, 6.07) is 11.9. The minimum absolute atomic E-state index is 0.148. The zero-order chi connectivity index (χ0) is 18.7. The molecule has 0 radical (unpaired) electrons. The van der Waals surface area contributed by atoms with Crippen LogP contribution in [-0.4, -0.2) is 22.7 Å². The van der Waals surface area contributed by atoms with Crippen molar-refractivity contribution in [2.24, 2.45) is 0 Å². The molecule has 3 N–H and O–H groups in total. The van der Waals surface area contributed by atoms with E-state index in [1.165, 1.54) is 25.2 Å². The SMILES string of the molecule is CC(=O)Nc1ccc(C(=O)Nc2nc3ccc(NC(C)=O)cc3s2)cc1. The van der Waals surface area contributed by atoms with Crippen LogP contribution in [0.2, 0.25) is 0 Å². The first kappa shape index (κ1) is 17.6. The number of rotatable bonds is 4. The summed E-state index contributed by atoms with van der Waals surface area (Å²) in [6.07, 6.45) is 0. The molecule has 3 amide bonds. The van der Waals surface area contributed by atoms with E-state index in [0.29, 0.717) is 22.1 Å². The molecule has 1 aromatic heterocycles. The lowest BCUT2D eigenvalue weighted by atomic mass is 10.2. The summed E-state index contributed by atoms with van der Waals surface area (Å²) in [6.45, 7) is 2.87. The van der Waals surface area contributed by atoms with Gasteiger partial charge in [-0.15, -0.1) is 0 Å². The Kier molecular flexibility index (Phi) is 4.94. The topological polar surface area (TPSA) is 100 Å². The number of nitrogens with zero attached hydrogens (tertiary/aromatic N) is 1. The van der Waals surface area contributed by atoms with Crippen molar-refractivity contribution in [2.45, 2.75) is 13.8 Å². The Labute approximate surface area is 153 Å². The number of amides is 3. The number of nitrogens with one attached hydrogen (secondary N) is 3. The van der Waals surface area contributed by atoms with Gasteiger partial charge < -0.3 is 10.6 Å². The van der Waals surface area contributed by atoms with Crippen molar-refractivity contribution < 1.29 is 14.4 Å². The minimum atomic E-state index is -0.291. The van der Waals surface area contributed by atoms with Crippen LogP contribution < -0.4 is 16.0 Å². The van der Waals surface area contributed by atoms with E-state index in [1.807, 2.05) is 6.07 Å². The molecule has 3 aromatic rings. The molecule has 0 fully saturated rings. The highest BCUT2D eigenvalue weighted by molar-refractivity contribution is 7.22. The van der Waals surface area contributed by atoms with Gasteiger partial charge in [0.05, 0.1) is 10.2 Å². The van der Waals surface area contributed by atoms with Crippen LogP contribution in [0.15, 0.2) is 42.5 Å². The molecule has 0 saturated heterocycles. The molecule has 0 saturated carbocycles. The lowest BCUT2D eigenvalue weighted by Crippen LogP contribution is -2.12. The predicted octanol–water partition coefficient (Wildman–Crippen LogP) is 3.47. The van der Waals surface area contributed by atoms with Gasteiger partial charge in [-0.2, -0.15) is 0 Å². The summed E-state index contributed by atoms with van der Waals surface area (Å²) in [5.41, 5.74) is 2.50. The van der Waals surface area contributed by atoms with E-state index in [-0.39, 0.29) is 17.7 Å². The number of carbonyl (C=O) groups is 3. The number of fused-ring (bicyclic) bond motifs is 1. The molecule has 8 heteroatoms. The van der Waals surface area contributed by atoms with E-state index in [1.54, 1.807) is 36.4 Å². The third kappa shape index (κ3) is 4.22. The molecule has 0 spiro atoms. The highest BCUT2D eigenvalue weighted by Gasteiger charge is 2.11. The summed E-state index contributed by atoms with van der Waals surface area (Å²) >= 11 is 1.32. The summed E-state index contributed by atoms with van der Waals surface area (Å²) in [4.78, 5) is 38.9. The second-order valence-electron chi connectivity index (χ2n) is 5.60. The first-order valence-electron chi connectivity index (χ1n) is 7.78. The van der Waals surface area contributed by atoms with Crippen molar-refractivity contribution in [1.82, 2.24) is 4.98 Å². The fraction of sp³-hybridized carbons (Fsp3) is 0.111. The average Bonchev–Trinajstić information content (AvgIpc) is 2.95. The first-order valence-corrected chi connectivity index (χ1v) is 8.59. The van der Waals surface area contributed by atoms with Gasteiger partial charge >= 0.3 is 0 Å². The molecule has 7 nitrogen and oxygen atoms in total. The Bertz CT molecular complexity index is 995. The molecule has 26 heavy (non-hydrogen) atoms. The molecule has 0 aliphatic rings. The van der Waals surface area contributed by atoms with Gasteiger partial charge in [-0.3, -0.25) is 19.7 Å². The van der Waals surface area contributed by atoms with Crippen molar-refractivity contribution in [3.05, 3.63) is 48.0 Å². The number of aromatic nitrogens is 1. The molecular weight excluding hydrogens is 352 g/mol. The van der Waals surface area contributed by atoms with E-state index in [9.17, 15) is 14.4 Å². The summed E-state index contributed by atoms with van der Waals surface area (Å²) < 4.78 is 0.854. The smallest absolute Gasteiger partial charge is 0.257 e. The second kappa shape index (κ2) is 7.32. The molecular formula is C18H16N4O3S. The Balaban J connectivity index is 1.74. The second-order valence-corrected chi connectivity index (χ2v) is 6.63. The molecule has 0 bridgehead atoms. The number of anilines is 3. The quantitative estimate of drug-likeness (QED) is 0.656. The molecule has 1 heterocycles. The van der Waals surface area contributed by atoms with Gasteiger partial charge in [0.25, 0.3) is 5.91 Å². The highest BCUT2D eigenvalue weighted by atomic mass is 32.1. The molecule has 132 valence electrons. The Morgan fingerprint density at radius 2 is 1.46 bits per heavy atom. The van der Waals surface area contributed by atoms with Gasteiger partial charge in [-0.05, 0) is 42.5 Å². The Hall–Kier alpha value is -3.26. The molecule has 3 rings (SSSR count). The largest absolute Gasteiger partial charge is 0.326 e. The van der Waals surface area contributed by atoms with Crippen LogP contribution in [0.3, 0.4) is 0 Å². The molecule has 2 aromatic carbocycles. The predicted molar refractivity (Wildman–Crippen MR) is 103 cm³/mol. The monoisotopic (exact) mass is 368 g/mol. The normalized spacial score (nSPS) is 10.4. The zero-order valence-corrected chi connectivity index (χ0v) is 14.9. The fourth-order valence-electron chi connectivity index (χ4n) is 2.34. The van der Waals surface area contributed by atoms with Crippen LogP contribution in [0.1, 0.15) is 24.2 Å². The van der Waals surface area contributed by atoms with Crippen molar-refractivity contribution in [3.63, 3.8) is 0 Å². The zero-order valence-electron chi connectivity index (χ0n) is 14.1. The lowest BCUT2D eigenvalue weighted by molar-refractivity contribution is -0.115. The van der Waals surface area contributed by atoms with Gasteiger partial charge in [-0.1, -0.05) is 11.3 Å². The summed E-state index contributed by atoms with van der Waals surface area (Å²) in [5.74, 6) is -0.610. The standard InChI is InChI=1S/C18H16N4O3S/c1-10(23)19-13-5-3-12(4-6-13)17(25)22-18-21-15-8-7-14(20-11(2)24)9-16(15)26-18/h3-9H,1-2H3,(H,19,23)(H,20,24)(H,21,22,25). The maximum absolute atomic E-state index is 12.3. The highest BCUT2D eigenvalue weighted by Crippen LogP contribution is 2.28. The molecule has 0 unspecified atom stereocenters. The van der Waals surface area contributed by atoms with Crippen LogP contribution in [-0.2, 0) is 9.59 Å². The van der Waals surface area contributed by atoms with Crippen LogP contribution >= 0.6 is 11.3 Å². The van der Waals surface area contributed by atoms with Crippen molar-refractivity contribution in [2.75, 3.05) is 16.0 Å². The van der Waals surface area contributed by atoms with E-state index in [2.05, 4.69) is 20.9 Å². The Morgan fingerprint density at radius 3 is 2.12 bits per heavy atom. The summed E-state index contributed by atoms with van der Waals surface area (Å²) in [5, 5.41) is 8.59. The third-order valence-corrected chi connectivity index (χ3v) is 4.33. The van der Waals surface area contributed by atoms with Gasteiger partial charge in [0.15, 0.2) is 5.13 Å². The third-order valence-electron chi connectivity index (χ3n) is 3.40. The fourth-order valence-corrected chi connectivity index (χ4v) is 3.24. The van der Waals surface area contributed by atoms with Crippen LogP contribution in [0.4, 0.5) is 16.5 Å². The number of thiazole rings is 1. The maximum Gasteiger partial charge on any atom is 0.257 e. The number of carbonyl (C=O) groups excluding carboxylic acids is 3. The van der Waals surface area contributed by atoms with Gasteiger partial charge in [-0.25, -0.2) is 4.98 Å². The number of hydrogen-bond donors (Lipinski definition) is 3. The lowest BCUT2D eigenvalue weighted by Gasteiger charge is -2.04. The number of hydrogen-bond acceptors (Lipinski definition) is 5. The molecule has 0 aliphatic carbocycles. The minimum Gasteiger partial charge on any atom is -0.326 e. The molecule has 0 atom stereocenters. The van der Waals surface area contributed by atoms with Gasteiger partial charge in [0.1, 0.15) is 0 Å². The van der Waals surface area contributed by atoms with E-state index >= 15 is 0 Å². The van der Waals surface area contributed by atoms with E-state index in [0.717, 1.165) is 10.2 Å². The van der Waals surface area contributed by atoms with Crippen molar-refractivity contribution >= 4 is 55.8 Å². The van der Waals surface area contributed by atoms with Crippen LogP contribution in [0.5, 0.6) is 0 Å². The van der Waals surface area contributed by atoms with Crippen molar-refractivity contribution in [1.29, 1.82) is 0 Å². The Morgan fingerprint density at radius 1 is 0.846 bits per heavy atom. The molecule has 0 aliphatic heterocycles. The number of benzene rings is 2. The van der Waals surface area contributed by atoms with E-state index < -0.39 is 0 Å². The summed E-state index contributed by atoms with van der Waals surface area (Å²) in [7, 11) is 0. The van der Waals surface area contributed by atoms with Crippen molar-refractivity contribution in [3.8, 4) is 0 Å².